The van der Waals surface area contributed by atoms with Gasteiger partial charge in [0.15, 0.2) is 0 Å². The molecule has 0 saturated carbocycles. The van der Waals surface area contributed by atoms with Gasteiger partial charge < -0.3 is 15.0 Å². The van der Waals surface area contributed by atoms with Gasteiger partial charge in [0.1, 0.15) is 5.60 Å². The zero-order valence-corrected chi connectivity index (χ0v) is 12.7. The van der Waals surface area contributed by atoms with Gasteiger partial charge in [-0.3, -0.25) is 4.79 Å². The fourth-order valence-electron chi connectivity index (χ4n) is 0.868. The van der Waals surface area contributed by atoms with Crippen molar-refractivity contribution in [3.05, 3.63) is 0 Å². The Bertz CT molecular complexity index is 312. The summed E-state index contributed by atoms with van der Waals surface area (Å²) >= 11 is 0. The van der Waals surface area contributed by atoms with E-state index in [1.54, 1.807) is 26.1 Å². The van der Waals surface area contributed by atoms with E-state index >= 15 is 0 Å². The lowest BCUT2D eigenvalue weighted by Gasteiger charge is -2.24. The van der Waals surface area contributed by atoms with Crippen molar-refractivity contribution < 1.29 is 27.5 Å². The zero-order chi connectivity index (χ0) is 16.6. The summed E-state index contributed by atoms with van der Waals surface area (Å²) in [6, 6.07) is 0. The van der Waals surface area contributed by atoms with Gasteiger partial charge >= 0.3 is 18.2 Å². The van der Waals surface area contributed by atoms with Crippen molar-refractivity contribution in [3.8, 4) is 0 Å². The third-order valence-electron chi connectivity index (χ3n) is 1.70. The van der Waals surface area contributed by atoms with E-state index in [0.717, 1.165) is 4.90 Å². The van der Waals surface area contributed by atoms with Crippen molar-refractivity contribution in [1.29, 1.82) is 0 Å². The molecule has 0 rings (SSSR count). The Morgan fingerprint density at radius 1 is 1.15 bits per heavy atom. The Labute approximate surface area is 117 Å². The third-order valence-corrected chi connectivity index (χ3v) is 1.70. The topological polar surface area (TPSA) is 58.6 Å². The van der Waals surface area contributed by atoms with Crippen LogP contribution < -0.4 is 5.32 Å². The molecule has 0 bridgehead atoms. The molecule has 0 aromatic heterocycles. The number of ether oxygens (including phenoxy) is 1. The highest BCUT2D eigenvalue weighted by Gasteiger charge is 2.38. The number of carbonyl (C=O) groups excluding carboxylic acids is 2. The Kier molecular flexibility index (Phi) is 9.01. The monoisotopic (exact) mass is 300 g/mol. The van der Waals surface area contributed by atoms with E-state index in [2.05, 4.69) is 0 Å². The number of halogens is 3. The molecule has 0 aromatic rings. The van der Waals surface area contributed by atoms with Gasteiger partial charge in [-0.1, -0.05) is 13.8 Å². The molecule has 0 spiro atoms. The highest BCUT2D eigenvalue weighted by atomic mass is 19.4. The predicted molar refractivity (Wildman–Crippen MR) is 69.3 cm³/mol. The minimum Gasteiger partial charge on any atom is -0.444 e. The minimum absolute atomic E-state index is 0.0727. The molecule has 8 heteroatoms. The molecule has 120 valence electrons. The van der Waals surface area contributed by atoms with Crippen LogP contribution in [-0.4, -0.2) is 48.8 Å². The molecule has 0 fully saturated rings. The Morgan fingerprint density at radius 3 is 1.95 bits per heavy atom. The molecule has 2 amide bonds. The number of rotatable bonds is 3. The molecule has 20 heavy (non-hydrogen) atoms. The van der Waals surface area contributed by atoms with Crippen LogP contribution >= 0.6 is 0 Å². The summed E-state index contributed by atoms with van der Waals surface area (Å²) < 4.78 is 40.5. The first-order chi connectivity index (χ1) is 8.93. The van der Waals surface area contributed by atoms with Crippen molar-refractivity contribution in [2.75, 3.05) is 20.1 Å². The first-order valence-corrected chi connectivity index (χ1v) is 6.22. The Balaban J connectivity index is 0. The van der Waals surface area contributed by atoms with E-state index in [-0.39, 0.29) is 13.1 Å². The van der Waals surface area contributed by atoms with Crippen LogP contribution in [0.5, 0.6) is 0 Å². The zero-order valence-electron chi connectivity index (χ0n) is 12.7. The van der Waals surface area contributed by atoms with Crippen molar-refractivity contribution in [1.82, 2.24) is 10.2 Å². The fraction of sp³-hybridized carbons (Fsp3) is 0.833. The van der Waals surface area contributed by atoms with Crippen molar-refractivity contribution >= 4 is 12.0 Å². The van der Waals surface area contributed by atoms with Crippen LogP contribution in [0.25, 0.3) is 0 Å². The van der Waals surface area contributed by atoms with Crippen LogP contribution in [0.1, 0.15) is 34.6 Å². The third kappa shape index (κ3) is 10.5. The molecule has 1 N–H and O–H groups in total. The molecule has 0 atom stereocenters. The van der Waals surface area contributed by atoms with E-state index in [0.29, 0.717) is 0 Å². The summed E-state index contributed by atoms with van der Waals surface area (Å²) in [5.41, 5.74) is -0.680. The van der Waals surface area contributed by atoms with Crippen LogP contribution in [0.4, 0.5) is 18.0 Å². The van der Waals surface area contributed by atoms with Crippen molar-refractivity contribution in [2.45, 2.75) is 46.4 Å². The summed E-state index contributed by atoms with van der Waals surface area (Å²) in [5.74, 6) is -2.03. The highest BCUT2D eigenvalue weighted by molar-refractivity contribution is 5.81. The quantitative estimate of drug-likeness (QED) is 0.871. The highest BCUT2D eigenvalue weighted by Crippen LogP contribution is 2.13. The van der Waals surface area contributed by atoms with Gasteiger partial charge in [-0.2, -0.15) is 13.2 Å². The molecule has 0 aromatic carbocycles. The molecular weight excluding hydrogens is 277 g/mol. The molecule has 0 aliphatic rings. The second-order valence-corrected chi connectivity index (χ2v) is 4.66. The maximum absolute atomic E-state index is 11.8. The summed E-state index contributed by atoms with van der Waals surface area (Å²) in [4.78, 5) is 23.0. The van der Waals surface area contributed by atoms with Crippen LogP contribution in [0, 0.1) is 0 Å². The van der Waals surface area contributed by atoms with Crippen molar-refractivity contribution in [3.63, 3.8) is 0 Å². The maximum Gasteiger partial charge on any atom is 0.471 e. The molecule has 0 unspecified atom stereocenters. The minimum atomic E-state index is -4.91. The van der Waals surface area contributed by atoms with Crippen LogP contribution in [0.3, 0.4) is 0 Å². The smallest absolute Gasteiger partial charge is 0.444 e. The van der Waals surface area contributed by atoms with Crippen molar-refractivity contribution in [2.24, 2.45) is 0 Å². The summed E-state index contributed by atoms with van der Waals surface area (Å²) in [6.07, 6.45) is -5.58. The standard InChI is InChI=1S/C10H17F3N2O3.C2H6/c1-9(2,3)18-8(17)15(4)6-5-14-7(16)10(11,12)13;1-2/h5-6H2,1-4H3,(H,14,16);1-2H3. The van der Waals surface area contributed by atoms with E-state index in [9.17, 15) is 22.8 Å². The van der Waals surface area contributed by atoms with E-state index in [1.807, 2.05) is 13.8 Å². The molecule has 5 nitrogen and oxygen atoms in total. The summed E-state index contributed by atoms with van der Waals surface area (Å²) in [5, 5.41) is 1.66. The van der Waals surface area contributed by atoms with Crippen LogP contribution in [0.2, 0.25) is 0 Å². The SMILES string of the molecule is CC.CN(CCNC(=O)C(F)(F)F)C(=O)OC(C)(C)C. The normalized spacial score (nSPS) is 11.1. The second kappa shape index (κ2) is 8.65. The van der Waals surface area contributed by atoms with E-state index < -0.39 is 23.8 Å². The number of hydrogen-bond acceptors (Lipinski definition) is 3. The lowest BCUT2D eigenvalue weighted by atomic mass is 10.2. The van der Waals surface area contributed by atoms with Gasteiger partial charge in [0, 0.05) is 20.1 Å². The number of nitrogens with zero attached hydrogens (tertiary/aromatic N) is 1. The second-order valence-electron chi connectivity index (χ2n) is 4.66. The molecular formula is C12H23F3N2O3. The summed E-state index contributed by atoms with van der Waals surface area (Å²) in [7, 11) is 1.37. The molecule has 0 saturated heterocycles. The summed E-state index contributed by atoms with van der Waals surface area (Å²) in [6.45, 7) is 8.64. The van der Waals surface area contributed by atoms with E-state index in [1.165, 1.54) is 7.05 Å². The van der Waals surface area contributed by atoms with Gasteiger partial charge in [0.05, 0.1) is 0 Å². The molecule has 0 radical (unpaired) electrons. The number of hydrogen-bond donors (Lipinski definition) is 1. The van der Waals surface area contributed by atoms with E-state index in [4.69, 9.17) is 4.74 Å². The number of likely N-dealkylation sites (N-methyl/N-ethyl adjacent to an activating group) is 1. The first kappa shape index (κ1) is 20.8. The first-order valence-electron chi connectivity index (χ1n) is 6.22. The number of alkyl halides is 3. The van der Waals surface area contributed by atoms with Gasteiger partial charge in [-0.25, -0.2) is 4.79 Å². The average Bonchev–Trinajstić information content (AvgIpc) is 2.27. The molecule has 0 aliphatic heterocycles. The van der Waals surface area contributed by atoms with Crippen LogP contribution in [0.15, 0.2) is 0 Å². The Morgan fingerprint density at radius 2 is 1.60 bits per heavy atom. The number of carbonyl (C=O) groups is 2. The van der Waals surface area contributed by atoms with Crippen LogP contribution in [-0.2, 0) is 9.53 Å². The number of nitrogens with one attached hydrogen (secondary N) is 1. The largest absolute Gasteiger partial charge is 0.471 e. The fourth-order valence-corrected chi connectivity index (χ4v) is 0.868. The van der Waals surface area contributed by atoms with Gasteiger partial charge in [0.25, 0.3) is 0 Å². The lowest BCUT2D eigenvalue weighted by Crippen LogP contribution is -2.42. The van der Waals surface area contributed by atoms with Gasteiger partial charge in [-0.05, 0) is 20.8 Å². The average molecular weight is 300 g/mol. The molecule has 0 aliphatic carbocycles. The number of amides is 2. The predicted octanol–water partition coefficient (Wildman–Crippen LogP) is 2.56. The van der Waals surface area contributed by atoms with Gasteiger partial charge in [0.2, 0.25) is 0 Å². The lowest BCUT2D eigenvalue weighted by molar-refractivity contribution is -0.173. The molecule has 0 heterocycles. The van der Waals surface area contributed by atoms with Gasteiger partial charge in [-0.15, -0.1) is 0 Å². The Hall–Kier alpha value is -1.47. The maximum atomic E-state index is 11.8.